The third kappa shape index (κ3) is 4.13. The fourth-order valence-electron chi connectivity index (χ4n) is 1.78. The van der Waals surface area contributed by atoms with Crippen LogP contribution in [0.1, 0.15) is 60.3 Å². The minimum absolute atomic E-state index is 0.908. The molecule has 0 aliphatic carbocycles. The molecule has 0 heteroatoms. The first-order valence-corrected chi connectivity index (χ1v) is 5.65. The first kappa shape index (κ1) is 12.0. The van der Waals surface area contributed by atoms with E-state index in [2.05, 4.69) is 34.6 Å². The second-order valence-corrected chi connectivity index (χ2v) is 4.28. The predicted molar refractivity (Wildman–Crippen MR) is 57.3 cm³/mol. The zero-order chi connectivity index (χ0) is 9.56. The van der Waals surface area contributed by atoms with E-state index in [1.165, 1.54) is 25.7 Å². The van der Waals surface area contributed by atoms with E-state index in [-0.39, 0.29) is 0 Å². The Labute approximate surface area is 78.8 Å². The van der Waals surface area contributed by atoms with Crippen molar-refractivity contribution in [2.75, 3.05) is 0 Å². The van der Waals surface area contributed by atoms with Gasteiger partial charge in [0, 0.05) is 0 Å². The second kappa shape index (κ2) is 6.51. The molecule has 0 unspecified atom stereocenters. The highest BCUT2D eigenvalue weighted by Crippen LogP contribution is 2.25. The second-order valence-electron chi connectivity index (χ2n) is 4.28. The van der Waals surface area contributed by atoms with Crippen molar-refractivity contribution in [1.82, 2.24) is 0 Å². The van der Waals surface area contributed by atoms with Gasteiger partial charge in [-0.1, -0.05) is 53.9 Å². The van der Waals surface area contributed by atoms with Crippen LogP contribution in [0, 0.1) is 17.8 Å². The maximum Gasteiger partial charge on any atom is -0.0414 e. The normalized spacial score (nSPS) is 16.5. The monoisotopic (exact) mass is 170 g/mol. The zero-order valence-electron chi connectivity index (χ0n) is 9.56. The number of rotatable bonds is 6. The minimum Gasteiger partial charge on any atom is -0.0651 e. The lowest BCUT2D eigenvalue weighted by atomic mass is 9.83. The highest BCUT2D eigenvalue weighted by Gasteiger charge is 2.14. The molecule has 0 bridgehead atoms. The van der Waals surface area contributed by atoms with Gasteiger partial charge in [-0.15, -0.1) is 0 Å². The average molecular weight is 170 g/mol. The van der Waals surface area contributed by atoms with Crippen LogP contribution in [-0.2, 0) is 0 Å². The molecule has 0 aromatic carbocycles. The molecule has 0 amide bonds. The SMILES string of the molecule is CCC(CC)C[C@H](C)[C@H](C)CC. The van der Waals surface area contributed by atoms with Gasteiger partial charge in [0.1, 0.15) is 0 Å². The van der Waals surface area contributed by atoms with Crippen LogP contribution in [0.25, 0.3) is 0 Å². The Balaban J connectivity index is 3.72. The Bertz CT molecular complexity index is 92.2. The molecule has 0 rings (SSSR count). The first-order chi connectivity index (χ1) is 5.65. The van der Waals surface area contributed by atoms with Crippen molar-refractivity contribution < 1.29 is 0 Å². The quantitative estimate of drug-likeness (QED) is 0.551. The van der Waals surface area contributed by atoms with Crippen molar-refractivity contribution in [3.63, 3.8) is 0 Å². The van der Waals surface area contributed by atoms with Crippen LogP contribution >= 0.6 is 0 Å². The summed E-state index contributed by atoms with van der Waals surface area (Å²) in [6.07, 6.45) is 5.48. The molecule has 12 heavy (non-hydrogen) atoms. The summed E-state index contributed by atoms with van der Waals surface area (Å²) in [5.41, 5.74) is 0. The third-order valence-electron chi connectivity index (χ3n) is 3.48. The Morgan fingerprint density at radius 2 is 1.25 bits per heavy atom. The van der Waals surface area contributed by atoms with Gasteiger partial charge in [-0.2, -0.15) is 0 Å². The van der Waals surface area contributed by atoms with E-state index in [9.17, 15) is 0 Å². The van der Waals surface area contributed by atoms with Gasteiger partial charge in [-0.3, -0.25) is 0 Å². The van der Waals surface area contributed by atoms with Gasteiger partial charge in [0.15, 0.2) is 0 Å². The predicted octanol–water partition coefficient (Wildman–Crippen LogP) is 4.49. The summed E-state index contributed by atoms with van der Waals surface area (Å²) in [7, 11) is 0. The summed E-state index contributed by atoms with van der Waals surface area (Å²) in [6.45, 7) is 11.7. The lowest BCUT2D eigenvalue weighted by Gasteiger charge is -2.22. The molecule has 0 heterocycles. The van der Waals surface area contributed by atoms with Gasteiger partial charge in [0.05, 0.1) is 0 Å². The molecule has 0 saturated heterocycles. The molecule has 0 radical (unpaired) electrons. The summed E-state index contributed by atoms with van der Waals surface area (Å²) >= 11 is 0. The van der Waals surface area contributed by atoms with Gasteiger partial charge in [0.25, 0.3) is 0 Å². The minimum atomic E-state index is 0.908. The summed E-state index contributed by atoms with van der Waals surface area (Å²) in [4.78, 5) is 0. The lowest BCUT2D eigenvalue weighted by Crippen LogP contribution is -2.11. The third-order valence-corrected chi connectivity index (χ3v) is 3.48. The van der Waals surface area contributed by atoms with Crippen molar-refractivity contribution in [1.29, 1.82) is 0 Å². The van der Waals surface area contributed by atoms with E-state index in [0.29, 0.717) is 0 Å². The summed E-state index contributed by atoms with van der Waals surface area (Å²) < 4.78 is 0. The molecule has 0 saturated carbocycles. The van der Waals surface area contributed by atoms with Crippen molar-refractivity contribution in [3.8, 4) is 0 Å². The van der Waals surface area contributed by atoms with Crippen molar-refractivity contribution in [2.24, 2.45) is 17.8 Å². The summed E-state index contributed by atoms with van der Waals surface area (Å²) in [5.74, 6) is 2.79. The van der Waals surface area contributed by atoms with Gasteiger partial charge in [-0.05, 0) is 24.2 Å². The van der Waals surface area contributed by atoms with Gasteiger partial charge < -0.3 is 0 Å². The standard InChI is InChI=1S/C12H26/c1-6-10(4)11(5)9-12(7-2)8-3/h10-12H,6-9H2,1-5H3/t10-,11+/m1/s1. The summed E-state index contributed by atoms with van der Waals surface area (Å²) in [6, 6.07) is 0. The van der Waals surface area contributed by atoms with E-state index in [4.69, 9.17) is 0 Å². The van der Waals surface area contributed by atoms with Gasteiger partial charge >= 0.3 is 0 Å². The van der Waals surface area contributed by atoms with Crippen LogP contribution in [0.4, 0.5) is 0 Å². The molecule has 74 valence electrons. The number of hydrogen-bond acceptors (Lipinski definition) is 0. The van der Waals surface area contributed by atoms with Crippen molar-refractivity contribution in [2.45, 2.75) is 60.3 Å². The molecule has 2 atom stereocenters. The van der Waals surface area contributed by atoms with Crippen LogP contribution in [-0.4, -0.2) is 0 Å². The molecule has 0 N–H and O–H groups in total. The average Bonchev–Trinajstić information content (AvgIpc) is 2.12. The van der Waals surface area contributed by atoms with Crippen LogP contribution < -0.4 is 0 Å². The topological polar surface area (TPSA) is 0 Å². The molecule has 0 aromatic heterocycles. The fraction of sp³-hybridized carbons (Fsp3) is 1.00. The van der Waals surface area contributed by atoms with E-state index in [1.54, 1.807) is 0 Å². The van der Waals surface area contributed by atoms with E-state index in [1.807, 2.05) is 0 Å². The smallest absolute Gasteiger partial charge is 0.0414 e. The summed E-state index contributed by atoms with van der Waals surface area (Å²) in [5, 5.41) is 0. The van der Waals surface area contributed by atoms with E-state index in [0.717, 1.165) is 17.8 Å². The molecule has 0 aliphatic heterocycles. The molecular weight excluding hydrogens is 144 g/mol. The highest BCUT2D eigenvalue weighted by molar-refractivity contribution is 4.65. The maximum absolute atomic E-state index is 2.41. The fourth-order valence-corrected chi connectivity index (χ4v) is 1.78. The highest BCUT2D eigenvalue weighted by atomic mass is 14.2. The largest absolute Gasteiger partial charge is 0.0651 e. The van der Waals surface area contributed by atoms with E-state index < -0.39 is 0 Å². The van der Waals surface area contributed by atoms with Gasteiger partial charge in [0.2, 0.25) is 0 Å². The Morgan fingerprint density at radius 3 is 1.58 bits per heavy atom. The molecule has 0 fully saturated rings. The Kier molecular flexibility index (Phi) is 6.51. The molecule has 0 aliphatic rings. The number of hydrogen-bond donors (Lipinski definition) is 0. The molecule has 0 nitrogen and oxygen atoms in total. The molecule has 0 spiro atoms. The van der Waals surface area contributed by atoms with Crippen molar-refractivity contribution in [3.05, 3.63) is 0 Å². The molecular formula is C12H26. The lowest BCUT2D eigenvalue weighted by molar-refractivity contribution is 0.287. The van der Waals surface area contributed by atoms with Crippen LogP contribution in [0.5, 0.6) is 0 Å². The van der Waals surface area contributed by atoms with Crippen molar-refractivity contribution >= 4 is 0 Å². The van der Waals surface area contributed by atoms with Crippen LogP contribution in [0.3, 0.4) is 0 Å². The van der Waals surface area contributed by atoms with Gasteiger partial charge in [-0.25, -0.2) is 0 Å². The Hall–Kier alpha value is 0. The Morgan fingerprint density at radius 1 is 0.750 bits per heavy atom. The zero-order valence-corrected chi connectivity index (χ0v) is 9.56. The van der Waals surface area contributed by atoms with Crippen LogP contribution in [0.15, 0.2) is 0 Å². The molecule has 0 aromatic rings. The van der Waals surface area contributed by atoms with E-state index >= 15 is 0 Å². The first-order valence-electron chi connectivity index (χ1n) is 5.65. The maximum atomic E-state index is 2.41. The van der Waals surface area contributed by atoms with Crippen LogP contribution in [0.2, 0.25) is 0 Å².